The van der Waals surface area contributed by atoms with Crippen LogP contribution in [0.1, 0.15) is 42.5 Å². The fraction of sp³-hybridized carbons (Fsp3) is 0.600. The van der Waals surface area contributed by atoms with Gasteiger partial charge in [-0.15, -0.1) is 0 Å². The van der Waals surface area contributed by atoms with Gasteiger partial charge in [-0.1, -0.05) is 0 Å². The number of esters is 1. The minimum Gasteiger partial charge on any atom is -0.444 e. The van der Waals surface area contributed by atoms with Crippen LogP contribution >= 0.6 is 0 Å². The number of rotatable bonds is 2. The maximum absolute atomic E-state index is 12.8. The van der Waals surface area contributed by atoms with Crippen molar-refractivity contribution >= 4 is 23.7 Å². The molecule has 1 aliphatic carbocycles. The number of hydrogen-bond donors (Lipinski definition) is 0. The highest BCUT2D eigenvalue weighted by molar-refractivity contribution is 6.18. The van der Waals surface area contributed by atoms with Gasteiger partial charge < -0.3 is 4.74 Å². The number of aryl methyl sites for hydroxylation is 1. The van der Waals surface area contributed by atoms with E-state index in [-0.39, 0.29) is 30.7 Å². The van der Waals surface area contributed by atoms with E-state index in [0.717, 1.165) is 19.3 Å². The van der Waals surface area contributed by atoms with Crippen molar-refractivity contribution < 1.29 is 14.3 Å². The Bertz CT molecular complexity index is 738. The van der Waals surface area contributed by atoms with Gasteiger partial charge in [0.15, 0.2) is 18.2 Å². The Morgan fingerprint density at radius 1 is 1.39 bits per heavy atom. The maximum Gasteiger partial charge on any atom is 0.304 e. The molecule has 0 N–H and O–H groups in total. The number of carbonyl (C=O) groups excluding carboxylic acids is 2. The van der Waals surface area contributed by atoms with E-state index >= 15 is 0 Å². The number of guanidine groups is 1. The van der Waals surface area contributed by atoms with Gasteiger partial charge in [0.2, 0.25) is 5.96 Å². The van der Waals surface area contributed by atoms with Gasteiger partial charge in [0.05, 0.1) is 12.1 Å². The largest absolute Gasteiger partial charge is 0.444 e. The first-order chi connectivity index (χ1) is 11.0. The molecule has 0 spiro atoms. The van der Waals surface area contributed by atoms with Gasteiger partial charge in [-0.3, -0.25) is 24.0 Å². The zero-order valence-electron chi connectivity index (χ0n) is 13.4. The molecule has 1 aromatic heterocycles. The lowest BCUT2D eigenvalue weighted by molar-refractivity contribution is -0.144. The summed E-state index contributed by atoms with van der Waals surface area (Å²) < 4.78 is 6.74. The average Bonchev–Trinajstić information content (AvgIpc) is 3.14. The standard InChI is InChI=1S/C15H19N5O3/c1-8-16-13-12(19(8)7-23-9(2)21)14(22)18(3)15-17-10-5-4-6-11(10)20(13)15/h10-11H,4-7H2,1-3H3/t10?,11-/m0/s1. The molecule has 0 radical (unpaired) electrons. The molecule has 4 rings (SSSR count). The number of aromatic nitrogens is 2. The molecular formula is C15H19N5O3. The van der Waals surface area contributed by atoms with Crippen molar-refractivity contribution in [3.63, 3.8) is 0 Å². The van der Waals surface area contributed by atoms with Crippen molar-refractivity contribution in [2.24, 2.45) is 4.99 Å². The fourth-order valence-electron chi connectivity index (χ4n) is 3.72. The van der Waals surface area contributed by atoms with Crippen LogP contribution in [0, 0.1) is 6.92 Å². The highest BCUT2D eigenvalue weighted by atomic mass is 16.5. The second kappa shape index (κ2) is 4.81. The van der Waals surface area contributed by atoms with Crippen LogP contribution in [0.25, 0.3) is 0 Å². The quantitative estimate of drug-likeness (QED) is 0.757. The molecule has 0 saturated heterocycles. The molecule has 2 aliphatic heterocycles. The first kappa shape index (κ1) is 14.2. The van der Waals surface area contributed by atoms with Crippen LogP contribution in [0.3, 0.4) is 0 Å². The summed E-state index contributed by atoms with van der Waals surface area (Å²) in [6, 6.07) is 0.515. The Kier molecular flexibility index (Phi) is 2.97. The third-order valence-corrected chi connectivity index (χ3v) is 4.84. The lowest BCUT2D eigenvalue weighted by Crippen LogP contribution is -2.51. The first-order valence-corrected chi connectivity index (χ1v) is 7.84. The van der Waals surface area contributed by atoms with Crippen molar-refractivity contribution in [1.29, 1.82) is 0 Å². The highest BCUT2D eigenvalue weighted by Gasteiger charge is 2.48. The molecular weight excluding hydrogens is 298 g/mol. The van der Waals surface area contributed by atoms with Gasteiger partial charge in [0.1, 0.15) is 5.82 Å². The number of amides is 1. The van der Waals surface area contributed by atoms with Gasteiger partial charge in [-0.25, -0.2) is 9.98 Å². The van der Waals surface area contributed by atoms with E-state index in [2.05, 4.69) is 9.88 Å². The van der Waals surface area contributed by atoms with E-state index < -0.39 is 0 Å². The third-order valence-electron chi connectivity index (χ3n) is 4.84. The summed E-state index contributed by atoms with van der Waals surface area (Å²) in [5, 5.41) is 0. The van der Waals surface area contributed by atoms with E-state index in [1.807, 2.05) is 6.92 Å². The number of anilines is 1. The Morgan fingerprint density at radius 3 is 2.91 bits per heavy atom. The second-order valence-electron chi connectivity index (χ2n) is 6.25. The van der Waals surface area contributed by atoms with E-state index in [4.69, 9.17) is 9.73 Å². The van der Waals surface area contributed by atoms with E-state index in [0.29, 0.717) is 23.3 Å². The smallest absolute Gasteiger partial charge is 0.304 e. The van der Waals surface area contributed by atoms with Gasteiger partial charge in [-0.05, 0) is 26.2 Å². The highest BCUT2D eigenvalue weighted by Crippen LogP contribution is 2.40. The van der Waals surface area contributed by atoms with Crippen LogP contribution in [0.2, 0.25) is 0 Å². The molecule has 8 heteroatoms. The molecule has 0 aromatic carbocycles. The van der Waals surface area contributed by atoms with Crippen molar-refractivity contribution in [3.8, 4) is 0 Å². The van der Waals surface area contributed by atoms with Crippen molar-refractivity contribution in [2.75, 3.05) is 11.9 Å². The number of fused-ring (bicyclic) bond motifs is 5. The molecule has 3 aliphatic rings. The van der Waals surface area contributed by atoms with Crippen molar-refractivity contribution in [2.45, 2.75) is 51.9 Å². The average molecular weight is 317 g/mol. The van der Waals surface area contributed by atoms with Gasteiger partial charge in [0, 0.05) is 14.0 Å². The molecule has 8 nitrogen and oxygen atoms in total. The van der Waals surface area contributed by atoms with E-state index in [1.165, 1.54) is 6.92 Å². The molecule has 2 atom stereocenters. The summed E-state index contributed by atoms with van der Waals surface area (Å²) in [6.07, 6.45) is 3.24. The molecule has 23 heavy (non-hydrogen) atoms. The van der Waals surface area contributed by atoms with Crippen molar-refractivity contribution in [1.82, 2.24) is 14.5 Å². The summed E-state index contributed by atoms with van der Waals surface area (Å²) in [7, 11) is 1.73. The van der Waals surface area contributed by atoms with Crippen LogP contribution in [0.4, 0.5) is 5.82 Å². The van der Waals surface area contributed by atoms with E-state index in [9.17, 15) is 9.59 Å². The summed E-state index contributed by atoms with van der Waals surface area (Å²) in [6.45, 7) is 3.16. The summed E-state index contributed by atoms with van der Waals surface area (Å²) in [5.74, 6) is 1.44. The molecule has 1 amide bonds. The normalized spacial score (nSPS) is 25.2. The van der Waals surface area contributed by atoms with Crippen molar-refractivity contribution in [3.05, 3.63) is 11.5 Å². The summed E-state index contributed by atoms with van der Waals surface area (Å²) in [5.41, 5.74) is 0.470. The van der Waals surface area contributed by atoms with Crippen LogP contribution in [-0.2, 0) is 16.3 Å². The minimum atomic E-state index is -0.386. The third kappa shape index (κ3) is 1.90. The number of ether oxygens (including phenoxy) is 1. The lowest BCUT2D eigenvalue weighted by atomic mass is 10.1. The predicted octanol–water partition coefficient (Wildman–Crippen LogP) is 0.895. The summed E-state index contributed by atoms with van der Waals surface area (Å²) >= 11 is 0. The SMILES string of the molecule is CC(=O)OCn1c(C)nc2c1C(=O)N(C)C1=NC3CCC[C@@H]3N12. The van der Waals surface area contributed by atoms with Gasteiger partial charge in [0.25, 0.3) is 5.91 Å². The summed E-state index contributed by atoms with van der Waals surface area (Å²) in [4.78, 5) is 36.9. The molecule has 1 aromatic rings. The zero-order chi connectivity index (χ0) is 16.3. The second-order valence-corrected chi connectivity index (χ2v) is 6.25. The molecule has 1 saturated carbocycles. The Balaban J connectivity index is 1.81. The van der Waals surface area contributed by atoms with Crippen LogP contribution < -0.4 is 4.90 Å². The minimum absolute atomic E-state index is 0.00249. The Hall–Kier alpha value is -2.38. The Morgan fingerprint density at radius 2 is 2.17 bits per heavy atom. The number of nitrogens with zero attached hydrogens (tertiary/aromatic N) is 5. The number of carbonyl (C=O) groups is 2. The maximum atomic E-state index is 12.8. The zero-order valence-corrected chi connectivity index (χ0v) is 13.4. The van der Waals surface area contributed by atoms with Gasteiger partial charge in [-0.2, -0.15) is 0 Å². The number of hydrogen-bond acceptors (Lipinski definition) is 6. The molecule has 122 valence electrons. The van der Waals surface area contributed by atoms with E-state index in [1.54, 1.807) is 16.5 Å². The van der Waals surface area contributed by atoms with Crippen LogP contribution in [0.15, 0.2) is 4.99 Å². The molecule has 3 heterocycles. The van der Waals surface area contributed by atoms with Crippen LogP contribution in [-0.4, -0.2) is 51.4 Å². The topological polar surface area (TPSA) is 80.0 Å². The molecule has 1 fully saturated rings. The monoisotopic (exact) mass is 317 g/mol. The number of aliphatic imine (C=N–C) groups is 1. The molecule has 0 bridgehead atoms. The lowest BCUT2D eigenvalue weighted by Gasteiger charge is -2.34. The fourth-order valence-corrected chi connectivity index (χ4v) is 3.72. The Labute approximate surface area is 133 Å². The predicted molar refractivity (Wildman–Crippen MR) is 82.2 cm³/mol. The molecule has 1 unspecified atom stereocenters. The van der Waals surface area contributed by atoms with Gasteiger partial charge >= 0.3 is 5.97 Å². The number of imidazole rings is 1. The van der Waals surface area contributed by atoms with Crippen LogP contribution in [0.5, 0.6) is 0 Å². The first-order valence-electron chi connectivity index (χ1n) is 7.84.